The van der Waals surface area contributed by atoms with Crippen molar-refractivity contribution >= 4 is 6.16 Å². The fourth-order valence-electron chi connectivity index (χ4n) is 3.26. The lowest BCUT2D eigenvalue weighted by atomic mass is 10.1. The summed E-state index contributed by atoms with van der Waals surface area (Å²) in [5.74, 6) is 1.56. The second kappa shape index (κ2) is 6.24. The Labute approximate surface area is 152 Å². The first-order valence-corrected chi connectivity index (χ1v) is 8.80. The van der Waals surface area contributed by atoms with Gasteiger partial charge in [-0.05, 0) is 61.1 Å². The molecule has 4 rings (SSSR count). The fourth-order valence-corrected chi connectivity index (χ4v) is 3.26. The number of hydrogen-bond donors (Lipinski definition) is 0. The maximum absolute atomic E-state index is 12.5. The van der Waals surface area contributed by atoms with Crippen LogP contribution >= 0.6 is 0 Å². The lowest BCUT2D eigenvalue weighted by molar-refractivity contribution is -0.0217. The van der Waals surface area contributed by atoms with Crippen LogP contribution in [0.1, 0.15) is 36.8 Å². The molecule has 0 aliphatic heterocycles. The summed E-state index contributed by atoms with van der Waals surface area (Å²) >= 11 is 0. The molecular formula is C21H22O5. The third kappa shape index (κ3) is 3.09. The van der Waals surface area contributed by atoms with Crippen LogP contribution in [0.3, 0.4) is 0 Å². The Hall–Kier alpha value is -2.69. The van der Waals surface area contributed by atoms with Crippen molar-refractivity contribution < 1.29 is 23.7 Å². The number of hydrogen-bond acceptors (Lipinski definition) is 5. The molecule has 5 nitrogen and oxygen atoms in total. The molecule has 0 aromatic heterocycles. The van der Waals surface area contributed by atoms with E-state index in [4.69, 9.17) is 18.9 Å². The van der Waals surface area contributed by atoms with Crippen LogP contribution in [0.2, 0.25) is 0 Å². The first-order chi connectivity index (χ1) is 12.6. The van der Waals surface area contributed by atoms with Crippen molar-refractivity contribution in [2.24, 2.45) is 0 Å². The van der Waals surface area contributed by atoms with Gasteiger partial charge in [0.25, 0.3) is 0 Å². The molecule has 2 fully saturated rings. The monoisotopic (exact) mass is 354 g/mol. The Balaban J connectivity index is 1.43. The zero-order valence-electron chi connectivity index (χ0n) is 15.0. The smallest absolute Gasteiger partial charge is 0.497 e. The number of benzene rings is 2. The Kier molecular flexibility index (Phi) is 4.02. The van der Waals surface area contributed by atoms with Gasteiger partial charge >= 0.3 is 6.16 Å². The fraction of sp³-hybridized carbons (Fsp3) is 0.381. The van der Waals surface area contributed by atoms with Crippen molar-refractivity contribution in [3.8, 4) is 11.5 Å². The molecule has 0 radical (unpaired) electrons. The van der Waals surface area contributed by atoms with Crippen LogP contribution in [0.25, 0.3) is 0 Å². The van der Waals surface area contributed by atoms with E-state index in [1.54, 1.807) is 14.2 Å². The van der Waals surface area contributed by atoms with Gasteiger partial charge in [0.1, 0.15) is 22.7 Å². The van der Waals surface area contributed by atoms with E-state index in [0.29, 0.717) is 0 Å². The zero-order valence-corrected chi connectivity index (χ0v) is 15.0. The van der Waals surface area contributed by atoms with Crippen molar-refractivity contribution in [3.63, 3.8) is 0 Å². The molecule has 0 saturated heterocycles. The lowest BCUT2D eigenvalue weighted by Gasteiger charge is -2.21. The number of ether oxygens (including phenoxy) is 4. The van der Waals surface area contributed by atoms with Crippen LogP contribution in [-0.4, -0.2) is 20.4 Å². The highest BCUT2D eigenvalue weighted by atomic mass is 16.7. The first kappa shape index (κ1) is 16.8. The Bertz CT molecular complexity index is 719. The average molecular weight is 354 g/mol. The summed E-state index contributed by atoms with van der Waals surface area (Å²) in [7, 11) is 3.26. The minimum absolute atomic E-state index is 0.556. The molecule has 2 saturated carbocycles. The van der Waals surface area contributed by atoms with E-state index in [0.717, 1.165) is 48.3 Å². The minimum atomic E-state index is -0.605. The molecule has 2 aliphatic rings. The molecule has 0 spiro atoms. The Morgan fingerprint density at radius 2 is 1.04 bits per heavy atom. The summed E-state index contributed by atoms with van der Waals surface area (Å²) in [6, 6.07) is 15.3. The van der Waals surface area contributed by atoms with Crippen LogP contribution in [0, 0.1) is 0 Å². The second-order valence-electron chi connectivity index (χ2n) is 6.90. The molecule has 0 unspecified atom stereocenters. The van der Waals surface area contributed by atoms with Crippen molar-refractivity contribution in [2.45, 2.75) is 36.9 Å². The van der Waals surface area contributed by atoms with Crippen LogP contribution in [0.4, 0.5) is 4.79 Å². The normalized spacial score (nSPS) is 18.5. The van der Waals surface area contributed by atoms with Crippen molar-refractivity contribution in [2.75, 3.05) is 14.2 Å². The SMILES string of the molecule is COc1ccc(C2(OC(=O)OC3(c4ccc(OC)cc4)CC3)CC2)cc1. The Morgan fingerprint density at radius 3 is 1.31 bits per heavy atom. The summed E-state index contributed by atoms with van der Waals surface area (Å²) in [5, 5.41) is 0. The van der Waals surface area contributed by atoms with Crippen molar-refractivity contribution in [3.05, 3.63) is 59.7 Å². The standard InChI is InChI=1S/C21H22O5/c1-23-17-7-3-15(4-8-17)20(11-12-20)25-19(22)26-21(13-14-21)16-5-9-18(24-2)10-6-16/h3-10H,11-14H2,1-2H3. The van der Waals surface area contributed by atoms with Crippen molar-refractivity contribution in [1.29, 1.82) is 0 Å². The van der Waals surface area contributed by atoms with Gasteiger partial charge in [-0.25, -0.2) is 4.79 Å². The third-order valence-electron chi connectivity index (χ3n) is 5.20. The highest BCUT2D eigenvalue weighted by molar-refractivity contribution is 5.63. The number of carbonyl (C=O) groups is 1. The van der Waals surface area contributed by atoms with Crippen molar-refractivity contribution in [1.82, 2.24) is 0 Å². The van der Waals surface area contributed by atoms with Gasteiger partial charge in [0.2, 0.25) is 0 Å². The predicted octanol–water partition coefficient (Wildman–Crippen LogP) is 4.54. The Morgan fingerprint density at radius 1 is 0.692 bits per heavy atom. The first-order valence-electron chi connectivity index (χ1n) is 8.80. The quantitative estimate of drug-likeness (QED) is 0.713. The van der Waals surface area contributed by atoms with E-state index >= 15 is 0 Å². The molecule has 0 atom stereocenters. The van der Waals surface area contributed by atoms with E-state index in [1.807, 2.05) is 48.5 Å². The molecular weight excluding hydrogens is 332 g/mol. The zero-order chi connectivity index (χ0) is 18.2. The molecule has 2 aliphatic carbocycles. The highest BCUT2D eigenvalue weighted by Gasteiger charge is 2.53. The summed E-state index contributed by atoms with van der Waals surface area (Å²) in [6.07, 6.45) is 2.63. The highest BCUT2D eigenvalue weighted by Crippen LogP contribution is 2.53. The molecule has 2 aromatic carbocycles. The number of carbonyl (C=O) groups excluding carboxylic acids is 1. The van der Waals surface area contributed by atoms with E-state index < -0.39 is 17.4 Å². The second-order valence-corrected chi connectivity index (χ2v) is 6.90. The molecule has 0 amide bonds. The van der Waals surface area contributed by atoms with Gasteiger partial charge in [0.05, 0.1) is 14.2 Å². The lowest BCUT2D eigenvalue weighted by Crippen LogP contribution is -2.23. The van der Waals surface area contributed by atoms with E-state index in [1.165, 1.54) is 0 Å². The minimum Gasteiger partial charge on any atom is -0.497 e. The topological polar surface area (TPSA) is 54.0 Å². The third-order valence-corrected chi connectivity index (χ3v) is 5.20. The molecule has 0 heterocycles. The van der Waals surface area contributed by atoms with Gasteiger partial charge in [-0.1, -0.05) is 24.3 Å². The van der Waals surface area contributed by atoms with Crippen LogP contribution in [0.15, 0.2) is 48.5 Å². The van der Waals surface area contributed by atoms with Crippen LogP contribution in [0.5, 0.6) is 11.5 Å². The summed E-state index contributed by atoms with van der Waals surface area (Å²) in [5.41, 5.74) is 0.840. The van der Waals surface area contributed by atoms with Gasteiger partial charge in [0, 0.05) is 0 Å². The van der Waals surface area contributed by atoms with Gasteiger partial charge < -0.3 is 18.9 Å². The van der Waals surface area contributed by atoms with Gasteiger partial charge in [-0.15, -0.1) is 0 Å². The summed E-state index contributed by atoms with van der Waals surface area (Å²) < 4.78 is 21.8. The van der Waals surface area contributed by atoms with E-state index in [2.05, 4.69) is 0 Å². The predicted molar refractivity (Wildman–Crippen MR) is 95.4 cm³/mol. The molecule has 5 heteroatoms. The molecule has 136 valence electrons. The van der Waals surface area contributed by atoms with Gasteiger partial charge in [0.15, 0.2) is 0 Å². The summed E-state index contributed by atoms with van der Waals surface area (Å²) in [6.45, 7) is 0. The molecule has 0 N–H and O–H groups in total. The maximum atomic E-state index is 12.5. The van der Waals surface area contributed by atoms with Crippen LogP contribution < -0.4 is 9.47 Å². The van der Waals surface area contributed by atoms with Gasteiger partial charge in [-0.3, -0.25) is 0 Å². The van der Waals surface area contributed by atoms with E-state index in [-0.39, 0.29) is 0 Å². The van der Waals surface area contributed by atoms with Gasteiger partial charge in [-0.2, -0.15) is 0 Å². The maximum Gasteiger partial charge on any atom is 0.510 e. The molecule has 2 aromatic rings. The largest absolute Gasteiger partial charge is 0.510 e. The molecule has 0 bridgehead atoms. The summed E-state index contributed by atoms with van der Waals surface area (Å²) in [4.78, 5) is 12.5. The van der Waals surface area contributed by atoms with Crippen LogP contribution in [-0.2, 0) is 20.7 Å². The number of methoxy groups -OCH3 is 2. The molecule has 26 heavy (non-hydrogen) atoms. The van der Waals surface area contributed by atoms with E-state index in [9.17, 15) is 4.79 Å². The number of rotatable bonds is 6. The average Bonchev–Trinajstić information content (AvgIpc) is 3.60.